The average Bonchev–Trinajstić information content (AvgIpc) is 2.05. The van der Waals surface area contributed by atoms with Crippen LogP contribution in [0.4, 0.5) is 5.69 Å². The number of halogens is 1. The molecule has 0 spiro atoms. The number of benzene rings is 1. The molecule has 1 N–H and O–H groups in total. The van der Waals surface area contributed by atoms with Gasteiger partial charge in [0.15, 0.2) is 0 Å². The van der Waals surface area contributed by atoms with E-state index in [1.165, 1.54) is 0 Å². The predicted molar refractivity (Wildman–Crippen MR) is 49.2 cm³/mol. The zero-order chi connectivity index (χ0) is 8.81. The first kappa shape index (κ1) is 8.57. The van der Waals surface area contributed by atoms with E-state index in [-0.39, 0.29) is 0 Å². The Kier molecular flexibility index (Phi) is 3.12. The monoisotopic (exact) mass is 179 g/mol. The van der Waals surface area contributed by atoms with Gasteiger partial charge in [-0.05, 0) is 18.2 Å². The molecule has 0 heterocycles. The third-order valence-electron chi connectivity index (χ3n) is 1.14. The summed E-state index contributed by atoms with van der Waals surface area (Å²) in [6.07, 6.45) is 1.11. The van der Waals surface area contributed by atoms with Gasteiger partial charge in [-0.15, -0.1) is 0 Å². The zero-order valence-corrected chi connectivity index (χ0v) is 6.92. The third kappa shape index (κ3) is 2.60. The second-order valence-electron chi connectivity index (χ2n) is 2.01. The molecule has 60 valence electrons. The molecule has 0 fully saturated rings. The highest BCUT2D eigenvalue weighted by Crippen LogP contribution is 2.14. The van der Waals surface area contributed by atoms with Crippen molar-refractivity contribution in [1.29, 1.82) is 5.26 Å². The summed E-state index contributed by atoms with van der Waals surface area (Å²) >= 11 is 5.70. The molecule has 0 atom stereocenters. The van der Waals surface area contributed by atoms with Crippen molar-refractivity contribution in [3.8, 4) is 6.07 Å². The van der Waals surface area contributed by atoms with Crippen LogP contribution >= 0.6 is 11.6 Å². The summed E-state index contributed by atoms with van der Waals surface area (Å²) in [4.78, 5) is 0. The fourth-order valence-corrected chi connectivity index (χ4v) is 0.884. The van der Waals surface area contributed by atoms with E-state index >= 15 is 0 Å². The number of anilines is 1. The zero-order valence-electron chi connectivity index (χ0n) is 6.16. The van der Waals surface area contributed by atoms with Gasteiger partial charge >= 0.3 is 0 Å². The Balaban J connectivity index is 2.65. The van der Waals surface area contributed by atoms with E-state index in [9.17, 15) is 0 Å². The summed E-state index contributed by atoms with van der Waals surface area (Å²) < 4.78 is 0. The molecule has 0 aliphatic carbocycles. The summed E-state index contributed by atoms with van der Waals surface area (Å²) in [5.74, 6) is 0. The van der Waals surface area contributed by atoms with E-state index in [2.05, 4.69) is 10.5 Å². The van der Waals surface area contributed by atoms with Crippen molar-refractivity contribution in [3.05, 3.63) is 29.3 Å². The molecule has 0 aromatic heterocycles. The summed E-state index contributed by atoms with van der Waals surface area (Å²) in [6.45, 7) is 0. The van der Waals surface area contributed by atoms with Crippen molar-refractivity contribution < 1.29 is 0 Å². The standard InChI is InChI=1S/C8H6ClN3/c9-7-2-1-3-8(6-7)12-11-5-4-10/h1-3,5-6,12H. The summed E-state index contributed by atoms with van der Waals surface area (Å²) in [7, 11) is 0. The van der Waals surface area contributed by atoms with Gasteiger partial charge in [0.25, 0.3) is 0 Å². The number of hydrogen-bond donors (Lipinski definition) is 1. The van der Waals surface area contributed by atoms with Gasteiger partial charge in [-0.2, -0.15) is 10.4 Å². The van der Waals surface area contributed by atoms with Crippen LogP contribution in [0.1, 0.15) is 0 Å². The SMILES string of the molecule is N#CC=NNc1cccc(Cl)c1. The first-order valence-corrected chi connectivity index (χ1v) is 3.63. The van der Waals surface area contributed by atoms with Crippen LogP contribution in [0.15, 0.2) is 29.4 Å². The lowest BCUT2D eigenvalue weighted by Crippen LogP contribution is -1.87. The summed E-state index contributed by atoms with van der Waals surface area (Å²) in [5.41, 5.74) is 3.41. The van der Waals surface area contributed by atoms with E-state index in [0.29, 0.717) is 5.02 Å². The molecular formula is C8H6ClN3. The second kappa shape index (κ2) is 4.37. The minimum Gasteiger partial charge on any atom is -0.278 e. The molecule has 0 amide bonds. The molecule has 0 saturated heterocycles. The molecule has 1 aromatic rings. The Labute approximate surface area is 75.3 Å². The van der Waals surface area contributed by atoms with Gasteiger partial charge in [-0.1, -0.05) is 17.7 Å². The first-order chi connectivity index (χ1) is 5.83. The number of nitrogens with zero attached hydrogens (tertiary/aromatic N) is 2. The fraction of sp³-hybridized carbons (Fsp3) is 0. The molecule has 1 rings (SSSR count). The molecule has 0 aliphatic heterocycles. The Bertz CT molecular complexity index is 327. The van der Waals surface area contributed by atoms with Gasteiger partial charge in [0.2, 0.25) is 0 Å². The maximum Gasteiger partial charge on any atom is 0.124 e. The van der Waals surface area contributed by atoms with E-state index in [1.807, 2.05) is 0 Å². The predicted octanol–water partition coefficient (Wildman–Crippen LogP) is 2.26. The topological polar surface area (TPSA) is 48.2 Å². The van der Waals surface area contributed by atoms with Crippen LogP contribution in [0.5, 0.6) is 0 Å². The maximum atomic E-state index is 8.13. The van der Waals surface area contributed by atoms with Crippen LogP contribution < -0.4 is 5.43 Å². The Hall–Kier alpha value is -1.53. The Morgan fingerprint density at radius 3 is 3.08 bits per heavy atom. The molecular weight excluding hydrogens is 174 g/mol. The van der Waals surface area contributed by atoms with Crippen molar-refractivity contribution in [2.45, 2.75) is 0 Å². The van der Waals surface area contributed by atoms with Crippen LogP contribution in [0.2, 0.25) is 5.02 Å². The minimum atomic E-state index is 0.632. The van der Waals surface area contributed by atoms with Gasteiger partial charge in [0, 0.05) is 5.02 Å². The number of nitrogens with one attached hydrogen (secondary N) is 1. The molecule has 0 unspecified atom stereocenters. The van der Waals surface area contributed by atoms with Crippen LogP contribution in [0.3, 0.4) is 0 Å². The van der Waals surface area contributed by atoms with Crippen molar-refractivity contribution in [2.24, 2.45) is 5.10 Å². The highest BCUT2D eigenvalue weighted by molar-refractivity contribution is 6.30. The quantitative estimate of drug-likeness (QED) is 0.559. The molecule has 12 heavy (non-hydrogen) atoms. The summed E-state index contributed by atoms with van der Waals surface area (Å²) in [6, 6.07) is 8.85. The van der Waals surface area contributed by atoms with E-state index in [0.717, 1.165) is 11.9 Å². The van der Waals surface area contributed by atoms with Gasteiger partial charge in [0.05, 0.1) is 5.69 Å². The van der Waals surface area contributed by atoms with Crippen LogP contribution in [0, 0.1) is 11.3 Å². The lowest BCUT2D eigenvalue weighted by atomic mass is 10.3. The van der Waals surface area contributed by atoms with E-state index < -0.39 is 0 Å². The molecule has 1 aromatic carbocycles. The Morgan fingerprint density at radius 2 is 2.42 bits per heavy atom. The van der Waals surface area contributed by atoms with E-state index in [4.69, 9.17) is 16.9 Å². The largest absolute Gasteiger partial charge is 0.278 e. The second-order valence-corrected chi connectivity index (χ2v) is 2.45. The lowest BCUT2D eigenvalue weighted by Gasteiger charge is -1.97. The Morgan fingerprint density at radius 1 is 1.58 bits per heavy atom. The summed E-state index contributed by atoms with van der Waals surface area (Å²) in [5, 5.41) is 12.4. The number of nitriles is 1. The third-order valence-corrected chi connectivity index (χ3v) is 1.38. The number of rotatable bonds is 2. The van der Waals surface area contributed by atoms with Gasteiger partial charge < -0.3 is 0 Å². The van der Waals surface area contributed by atoms with Gasteiger partial charge in [0.1, 0.15) is 12.3 Å². The van der Waals surface area contributed by atoms with Crippen molar-refractivity contribution in [3.63, 3.8) is 0 Å². The number of hydrogen-bond acceptors (Lipinski definition) is 3. The molecule has 3 nitrogen and oxygen atoms in total. The van der Waals surface area contributed by atoms with Gasteiger partial charge in [-0.25, -0.2) is 0 Å². The van der Waals surface area contributed by atoms with Crippen LogP contribution in [-0.2, 0) is 0 Å². The number of hydrazone groups is 1. The normalized spacial score (nSPS) is 9.67. The van der Waals surface area contributed by atoms with Crippen molar-refractivity contribution >= 4 is 23.5 Å². The highest BCUT2D eigenvalue weighted by Gasteiger charge is 1.89. The minimum absolute atomic E-state index is 0.632. The molecule has 4 heteroatoms. The smallest absolute Gasteiger partial charge is 0.124 e. The molecule has 0 saturated carbocycles. The highest BCUT2D eigenvalue weighted by atomic mass is 35.5. The lowest BCUT2D eigenvalue weighted by molar-refractivity contribution is 1.35. The average molecular weight is 180 g/mol. The first-order valence-electron chi connectivity index (χ1n) is 3.25. The van der Waals surface area contributed by atoms with E-state index in [1.54, 1.807) is 30.3 Å². The van der Waals surface area contributed by atoms with Crippen molar-refractivity contribution in [1.82, 2.24) is 0 Å². The molecule has 0 bridgehead atoms. The van der Waals surface area contributed by atoms with Crippen LogP contribution in [-0.4, -0.2) is 6.21 Å². The maximum absolute atomic E-state index is 8.13. The van der Waals surface area contributed by atoms with Crippen LogP contribution in [0.25, 0.3) is 0 Å². The van der Waals surface area contributed by atoms with Crippen molar-refractivity contribution in [2.75, 3.05) is 5.43 Å². The van der Waals surface area contributed by atoms with Gasteiger partial charge in [-0.3, -0.25) is 5.43 Å². The molecule has 0 radical (unpaired) electrons. The molecule has 0 aliphatic rings. The fourth-order valence-electron chi connectivity index (χ4n) is 0.694.